The van der Waals surface area contributed by atoms with Crippen molar-refractivity contribution in [3.8, 4) is 0 Å². The van der Waals surface area contributed by atoms with Gasteiger partial charge in [0.05, 0.1) is 0 Å². The molecule has 1 atom stereocenters. The smallest absolute Gasteiger partial charge is 0.251 e. The average molecular weight is 304 g/mol. The number of rotatable bonds is 8. The lowest BCUT2D eigenvalue weighted by Crippen LogP contribution is -2.39. The van der Waals surface area contributed by atoms with E-state index in [4.69, 9.17) is 5.11 Å². The van der Waals surface area contributed by atoms with Crippen molar-refractivity contribution in [1.29, 1.82) is 0 Å². The minimum absolute atomic E-state index is 0.0467. The molecule has 5 heteroatoms. The van der Waals surface area contributed by atoms with E-state index in [-0.39, 0.29) is 30.4 Å². The summed E-state index contributed by atoms with van der Waals surface area (Å²) in [6.45, 7) is 7.84. The van der Waals surface area contributed by atoms with Gasteiger partial charge in [0.2, 0.25) is 5.91 Å². The van der Waals surface area contributed by atoms with Crippen molar-refractivity contribution in [2.75, 3.05) is 6.61 Å². The highest BCUT2D eigenvalue weighted by molar-refractivity contribution is 5.94. The highest BCUT2D eigenvalue weighted by Crippen LogP contribution is 2.09. The second kappa shape index (κ2) is 9.00. The molecular weight excluding hydrogens is 280 g/mol. The number of benzene rings is 1. The molecular formula is C17H24N2O3. The van der Waals surface area contributed by atoms with E-state index in [9.17, 15) is 9.59 Å². The summed E-state index contributed by atoms with van der Waals surface area (Å²) in [5, 5.41) is 14.6. The average Bonchev–Trinajstić information content (AvgIpc) is 2.52. The minimum atomic E-state index is -0.231. The van der Waals surface area contributed by atoms with Gasteiger partial charge >= 0.3 is 0 Å². The maximum absolute atomic E-state index is 12.2. The zero-order chi connectivity index (χ0) is 16.5. The molecule has 1 rings (SSSR count). The van der Waals surface area contributed by atoms with E-state index >= 15 is 0 Å². The highest BCUT2D eigenvalue weighted by Gasteiger charge is 2.16. The third-order valence-corrected chi connectivity index (χ3v) is 3.43. The molecule has 120 valence electrons. The normalized spacial score (nSPS) is 11.8. The summed E-state index contributed by atoms with van der Waals surface area (Å²) >= 11 is 0. The molecule has 0 heterocycles. The lowest BCUT2D eigenvalue weighted by Gasteiger charge is -2.21. The fraction of sp³-hybridized carbons (Fsp3) is 0.412. The Kier molecular flexibility index (Phi) is 7.32. The lowest BCUT2D eigenvalue weighted by atomic mass is 10.0. The van der Waals surface area contributed by atoms with Crippen LogP contribution >= 0.6 is 0 Å². The van der Waals surface area contributed by atoms with Gasteiger partial charge in [-0.25, -0.2) is 0 Å². The number of nitrogens with one attached hydrogen (secondary N) is 2. The van der Waals surface area contributed by atoms with Crippen LogP contribution in [0.25, 0.3) is 0 Å². The monoisotopic (exact) mass is 304 g/mol. The van der Waals surface area contributed by atoms with Gasteiger partial charge in [0.25, 0.3) is 5.91 Å². The summed E-state index contributed by atoms with van der Waals surface area (Å²) < 4.78 is 0. The molecule has 2 amide bonds. The van der Waals surface area contributed by atoms with Crippen molar-refractivity contribution < 1.29 is 14.7 Å². The number of hydrogen-bond acceptors (Lipinski definition) is 3. The molecule has 0 spiro atoms. The van der Waals surface area contributed by atoms with Gasteiger partial charge in [-0.3, -0.25) is 9.59 Å². The van der Waals surface area contributed by atoms with Crippen molar-refractivity contribution in [3.05, 3.63) is 48.0 Å². The van der Waals surface area contributed by atoms with Gasteiger partial charge in [-0.15, -0.1) is 0 Å². The second-order valence-electron chi connectivity index (χ2n) is 5.46. The van der Waals surface area contributed by atoms with E-state index in [1.165, 1.54) is 6.08 Å². The lowest BCUT2D eigenvalue weighted by molar-refractivity contribution is -0.116. The van der Waals surface area contributed by atoms with Crippen LogP contribution in [-0.2, 0) is 11.3 Å². The van der Waals surface area contributed by atoms with Crippen LogP contribution in [0.1, 0.15) is 36.2 Å². The standard InChI is InChI=1S/C17H24N2O3/c1-4-16(21)18-11-13-5-7-14(8-6-13)17(22)19-15(9-10-20)12(2)3/h4-8,12,15,20H,1,9-11H2,2-3H3,(H,18,21)(H,19,22). The summed E-state index contributed by atoms with van der Waals surface area (Å²) in [5.41, 5.74) is 1.46. The maximum Gasteiger partial charge on any atom is 0.251 e. The Morgan fingerprint density at radius 2 is 1.91 bits per heavy atom. The molecule has 5 nitrogen and oxygen atoms in total. The molecule has 1 unspecified atom stereocenters. The van der Waals surface area contributed by atoms with Crippen molar-refractivity contribution >= 4 is 11.8 Å². The molecule has 22 heavy (non-hydrogen) atoms. The van der Waals surface area contributed by atoms with Crippen LogP contribution in [0.2, 0.25) is 0 Å². The van der Waals surface area contributed by atoms with Crippen LogP contribution in [0.5, 0.6) is 0 Å². The van der Waals surface area contributed by atoms with Gasteiger partial charge in [0.15, 0.2) is 0 Å². The topological polar surface area (TPSA) is 78.4 Å². The number of aliphatic hydroxyl groups is 1. The summed E-state index contributed by atoms with van der Waals surface area (Å²) in [4.78, 5) is 23.3. The Hall–Kier alpha value is -2.14. The van der Waals surface area contributed by atoms with Crippen LogP contribution in [0.4, 0.5) is 0 Å². The van der Waals surface area contributed by atoms with Gasteiger partial charge in [0.1, 0.15) is 0 Å². The van der Waals surface area contributed by atoms with E-state index in [1.54, 1.807) is 24.3 Å². The Morgan fingerprint density at radius 1 is 1.27 bits per heavy atom. The van der Waals surface area contributed by atoms with E-state index in [1.807, 2.05) is 13.8 Å². The third-order valence-electron chi connectivity index (χ3n) is 3.43. The molecule has 0 bridgehead atoms. The number of carbonyl (C=O) groups is 2. The van der Waals surface area contributed by atoms with Crippen LogP contribution < -0.4 is 10.6 Å². The van der Waals surface area contributed by atoms with Crippen LogP contribution in [-0.4, -0.2) is 29.6 Å². The fourth-order valence-corrected chi connectivity index (χ4v) is 2.00. The number of hydrogen-bond donors (Lipinski definition) is 3. The van der Waals surface area contributed by atoms with Gasteiger partial charge in [0, 0.05) is 24.8 Å². The Labute approximate surface area is 131 Å². The van der Waals surface area contributed by atoms with Crippen molar-refractivity contribution in [3.63, 3.8) is 0 Å². The first-order chi connectivity index (χ1) is 10.5. The zero-order valence-electron chi connectivity index (χ0n) is 13.1. The molecule has 0 saturated carbocycles. The molecule has 0 fully saturated rings. The molecule has 0 saturated heterocycles. The van der Waals surface area contributed by atoms with Gasteiger partial charge < -0.3 is 15.7 Å². The van der Waals surface area contributed by atoms with Crippen molar-refractivity contribution in [1.82, 2.24) is 10.6 Å². The highest BCUT2D eigenvalue weighted by atomic mass is 16.3. The summed E-state index contributed by atoms with van der Waals surface area (Å²) in [7, 11) is 0. The van der Waals surface area contributed by atoms with E-state index in [0.29, 0.717) is 18.5 Å². The van der Waals surface area contributed by atoms with Crippen LogP contribution in [0.3, 0.4) is 0 Å². The van der Waals surface area contributed by atoms with Crippen molar-refractivity contribution in [2.45, 2.75) is 32.9 Å². The molecule has 1 aromatic carbocycles. The summed E-state index contributed by atoms with van der Waals surface area (Å²) in [6, 6.07) is 7.00. The van der Waals surface area contributed by atoms with Crippen molar-refractivity contribution in [2.24, 2.45) is 5.92 Å². The summed E-state index contributed by atoms with van der Waals surface area (Å²) in [5.74, 6) is -0.135. The molecule has 1 aromatic rings. The van der Waals surface area contributed by atoms with E-state index in [0.717, 1.165) is 5.56 Å². The fourth-order valence-electron chi connectivity index (χ4n) is 2.00. The van der Waals surface area contributed by atoms with Crippen LogP contribution in [0.15, 0.2) is 36.9 Å². The predicted molar refractivity (Wildman–Crippen MR) is 86.3 cm³/mol. The van der Waals surface area contributed by atoms with E-state index in [2.05, 4.69) is 17.2 Å². The van der Waals surface area contributed by atoms with Crippen LogP contribution in [0, 0.1) is 5.92 Å². The van der Waals surface area contributed by atoms with Gasteiger partial charge in [-0.05, 0) is 36.1 Å². The quantitative estimate of drug-likeness (QED) is 0.639. The molecule has 0 aliphatic heterocycles. The molecule has 0 aromatic heterocycles. The Balaban J connectivity index is 2.63. The molecule has 0 aliphatic rings. The zero-order valence-corrected chi connectivity index (χ0v) is 13.1. The largest absolute Gasteiger partial charge is 0.396 e. The predicted octanol–water partition coefficient (Wildman–Crippen LogP) is 1.63. The summed E-state index contributed by atoms with van der Waals surface area (Å²) in [6.07, 6.45) is 1.75. The molecule has 0 aliphatic carbocycles. The number of amides is 2. The minimum Gasteiger partial charge on any atom is -0.396 e. The number of aliphatic hydroxyl groups excluding tert-OH is 1. The first-order valence-corrected chi connectivity index (χ1v) is 7.38. The molecule has 0 radical (unpaired) electrons. The molecule has 3 N–H and O–H groups in total. The second-order valence-corrected chi connectivity index (χ2v) is 5.46. The maximum atomic E-state index is 12.2. The number of carbonyl (C=O) groups excluding carboxylic acids is 2. The van der Waals surface area contributed by atoms with Gasteiger partial charge in [-0.2, -0.15) is 0 Å². The Morgan fingerprint density at radius 3 is 2.41 bits per heavy atom. The third kappa shape index (κ3) is 5.69. The first-order valence-electron chi connectivity index (χ1n) is 7.38. The first kappa shape index (κ1) is 17.9. The van der Waals surface area contributed by atoms with Gasteiger partial charge in [-0.1, -0.05) is 32.6 Å². The van der Waals surface area contributed by atoms with E-state index < -0.39 is 0 Å². The SMILES string of the molecule is C=CC(=O)NCc1ccc(C(=O)NC(CCO)C(C)C)cc1. The Bertz CT molecular complexity index is 509.